The Hall–Kier alpha value is -2.37. The molecular formula is C16H20N2O4. The van der Waals surface area contributed by atoms with Crippen LogP contribution in [0, 0.1) is 13.8 Å². The lowest BCUT2D eigenvalue weighted by Crippen LogP contribution is -2.47. The molecule has 0 saturated carbocycles. The molecule has 1 heterocycles. The van der Waals surface area contributed by atoms with Gasteiger partial charge in [-0.3, -0.25) is 0 Å². The summed E-state index contributed by atoms with van der Waals surface area (Å²) < 4.78 is 4.94. The number of anilines is 1. The smallest absolute Gasteiger partial charge is 0.354 e. The number of hydrazone groups is 1. The van der Waals surface area contributed by atoms with Crippen LogP contribution in [-0.4, -0.2) is 34.9 Å². The van der Waals surface area contributed by atoms with Crippen LogP contribution in [0.2, 0.25) is 0 Å². The van der Waals surface area contributed by atoms with Gasteiger partial charge in [-0.05, 0) is 51.0 Å². The van der Waals surface area contributed by atoms with Crippen molar-refractivity contribution in [2.45, 2.75) is 39.7 Å². The molecule has 1 aromatic rings. The van der Waals surface area contributed by atoms with Gasteiger partial charge < -0.3 is 9.84 Å². The van der Waals surface area contributed by atoms with E-state index in [0.29, 0.717) is 5.69 Å². The molecule has 1 atom stereocenters. The Morgan fingerprint density at radius 2 is 1.91 bits per heavy atom. The first kappa shape index (κ1) is 16.0. The normalized spacial score (nSPS) is 20.7. The van der Waals surface area contributed by atoms with Crippen molar-refractivity contribution in [3.8, 4) is 0 Å². The van der Waals surface area contributed by atoms with Crippen LogP contribution in [0.3, 0.4) is 0 Å². The van der Waals surface area contributed by atoms with Gasteiger partial charge in [-0.15, -0.1) is 0 Å². The van der Waals surface area contributed by atoms with Gasteiger partial charge in [0.05, 0.1) is 12.3 Å². The lowest BCUT2D eigenvalue weighted by Gasteiger charge is -2.30. The number of ether oxygens (including phenoxy) is 1. The van der Waals surface area contributed by atoms with Gasteiger partial charge in [-0.25, -0.2) is 14.6 Å². The molecule has 0 saturated heterocycles. The molecule has 0 spiro atoms. The number of nitrogens with zero attached hydrogens (tertiary/aromatic N) is 2. The maximum absolute atomic E-state index is 11.9. The third-order valence-electron chi connectivity index (χ3n) is 3.62. The minimum absolute atomic E-state index is 0.00809. The molecule has 6 heteroatoms. The van der Waals surface area contributed by atoms with Crippen molar-refractivity contribution in [2.75, 3.05) is 11.6 Å². The zero-order chi connectivity index (χ0) is 16.5. The van der Waals surface area contributed by atoms with Crippen LogP contribution in [0.25, 0.3) is 0 Å². The molecule has 0 amide bonds. The minimum Gasteiger partial charge on any atom is -0.479 e. The van der Waals surface area contributed by atoms with Crippen molar-refractivity contribution in [1.82, 2.24) is 0 Å². The molecule has 0 bridgehead atoms. The Bertz CT molecular complexity index is 633. The van der Waals surface area contributed by atoms with Crippen molar-refractivity contribution in [3.05, 3.63) is 29.3 Å². The molecule has 0 fully saturated rings. The first-order valence-electron chi connectivity index (χ1n) is 7.14. The highest BCUT2D eigenvalue weighted by atomic mass is 16.5. The van der Waals surface area contributed by atoms with E-state index < -0.39 is 17.5 Å². The van der Waals surface area contributed by atoms with Gasteiger partial charge in [-0.2, -0.15) is 5.10 Å². The number of benzene rings is 1. The second kappa shape index (κ2) is 5.79. The SMILES string of the molecule is CCOC(=O)C1=NN(c2cc(C)cc(C)c2)[C@@](C)(C(=O)O)C1. The van der Waals surface area contributed by atoms with Gasteiger partial charge in [0.15, 0.2) is 5.54 Å². The molecule has 0 radical (unpaired) electrons. The summed E-state index contributed by atoms with van der Waals surface area (Å²) in [4.78, 5) is 23.6. The van der Waals surface area contributed by atoms with Gasteiger partial charge >= 0.3 is 11.9 Å². The number of carbonyl (C=O) groups is 2. The number of carboxylic acids is 1. The zero-order valence-electron chi connectivity index (χ0n) is 13.2. The van der Waals surface area contributed by atoms with Gasteiger partial charge in [-0.1, -0.05) is 6.07 Å². The lowest BCUT2D eigenvalue weighted by atomic mass is 9.95. The highest BCUT2D eigenvalue weighted by Crippen LogP contribution is 2.34. The van der Waals surface area contributed by atoms with Crippen LogP contribution >= 0.6 is 0 Å². The molecular weight excluding hydrogens is 284 g/mol. The fourth-order valence-corrected chi connectivity index (χ4v) is 2.58. The molecule has 0 aliphatic carbocycles. The number of rotatable bonds is 4. The van der Waals surface area contributed by atoms with E-state index >= 15 is 0 Å². The summed E-state index contributed by atoms with van der Waals surface area (Å²) in [5, 5.41) is 15.2. The largest absolute Gasteiger partial charge is 0.479 e. The molecule has 0 aromatic heterocycles. The molecule has 2 rings (SSSR count). The van der Waals surface area contributed by atoms with Crippen molar-refractivity contribution in [3.63, 3.8) is 0 Å². The van der Waals surface area contributed by atoms with Crippen LogP contribution in [-0.2, 0) is 14.3 Å². The number of hydrogen-bond donors (Lipinski definition) is 1. The predicted octanol–water partition coefficient (Wildman–Crippen LogP) is 2.28. The van der Waals surface area contributed by atoms with Gasteiger partial charge in [0.2, 0.25) is 0 Å². The van der Waals surface area contributed by atoms with E-state index in [1.807, 2.05) is 32.0 Å². The summed E-state index contributed by atoms with van der Waals surface area (Å²) in [5.74, 6) is -1.60. The van der Waals surface area contributed by atoms with E-state index in [1.54, 1.807) is 13.8 Å². The highest BCUT2D eigenvalue weighted by molar-refractivity contribution is 6.38. The van der Waals surface area contributed by atoms with E-state index in [-0.39, 0.29) is 18.7 Å². The summed E-state index contributed by atoms with van der Waals surface area (Å²) in [7, 11) is 0. The fourth-order valence-electron chi connectivity index (χ4n) is 2.58. The molecule has 1 aliphatic rings. The second-order valence-electron chi connectivity index (χ2n) is 5.68. The van der Waals surface area contributed by atoms with Crippen molar-refractivity contribution in [2.24, 2.45) is 5.10 Å². The predicted molar refractivity (Wildman–Crippen MR) is 83.1 cm³/mol. The van der Waals surface area contributed by atoms with E-state index in [4.69, 9.17) is 4.74 Å². The molecule has 6 nitrogen and oxygen atoms in total. The number of aryl methyl sites for hydroxylation is 2. The maximum Gasteiger partial charge on any atom is 0.354 e. The van der Waals surface area contributed by atoms with E-state index in [9.17, 15) is 14.7 Å². The van der Waals surface area contributed by atoms with Gasteiger partial charge in [0.25, 0.3) is 0 Å². The Morgan fingerprint density at radius 1 is 1.32 bits per heavy atom. The summed E-state index contributed by atoms with van der Waals surface area (Å²) in [5.41, 5.74) is 1.49. The Labute approximate surface area is 129 Å². The Morgan fingerprint density at radius 3 is 2.41 bits per heavy atom. The van der Waals surface area contributed by atoms with Gasteiger partial charge in [0.1, 0.15) is 5.71 Å². The molecule has 0 unspecified atom stereocenters. The number of esters is 1. The number of carboxylic acid groups (broad SMARTS) is 1. The van der Waals surface area contributed by atoms with Crippen molar-refractivity contribution < 1.29 is 19.4 Å². The van der Waals surface area contributed by atoms with Crippen LogP contribution in [0.5, 0.6) is 0 Å². The summed E-state index contributed by atoms with van der Waals surface area (Å²) >= 11 is 0. The van der Waals surface area contributed by atoms with Crippen molar-refractivity contribution in [1.29, 1.82) is 0 Å². The van der Waals surface area contributed by atoms with Crippen LogP contribution in [0.1, 0.15) is 31.4 Å². The zero-order valence-corrected chi connectivity index (χ0v) is 13.2. The molecule has 118 valence electrons. The summed E-state index contributed by atoms with van der Waals surface area (Å²) in [6.07, 6.45) is 0.00809. The number of hydrogen-bond acceptors (Lipinski definition) is 5. The highest BCUT2D eigenvalue weighted by Gasteiger charge is 2.48. The third-order valence-corrected chi connectivity index (χ3v) is 3.62. The fraction of sp³-hybridized carbons (Fsp3) is 0.438. The quantitative estimate of drug-likeness (QED) is 0.863. The molecule has 1 aromatic carbocycles. The molecule has 1 N–H and O–H groups in total. The average molecular weight is 304 g/mol. The first-order chi connectivity index (χ1) is 10.3. The van der Waals surface area contributed by atoms with E-state index in [2.05, 4.69) is 5.10 Å². The minimum atomic E-state index is -1.30. The van der Waals surface area contributed by atoms with Crippen LogP contribution in [0.4, 0.5) is 5.69 Å². The maximum atomic E-state index is 11.9. The standard InChI is InChI=1S/C16H20N2O4/c1-5-22-14(19)13-9-16(4,15(20)21)18(17-13)12-7-10(2)6-11(3)8-12/h6-8H,5,9H2,1-4H3,(H,20,21)/t16-/m1/s1. The van der Waals surface area contributed by atoms with E-state index in [1.165, 1.54) is 5.01 Å². The Balaban J connectivity index is 2.47. The Kier molecular flexibility index (Phi) is 4.21. The summed E-state index contributed by atoms with van der Waals surface area (Å²) in [6.45, 7) is 7.35. The lowest BCUT2D eigenvalue weighted by molar-refractivity contribution is -0.142. The number of carbonyl (C=O) groups excluding carboxylic acids is 1. The van der Waals surface area contributed by atoms with Crippen LogP contribution in [0.15, 0.2) is 23.3 Å². The topological polar surface area (TPSA) is 79.2 Å². The average Bonchev–Trinajstić information content (AvgIpc) is 2.77. The van der Waals surface area contributed by atoms with Gasteiger partial charge in [0, 0.05) is 6.42 Å². The summed E-state index contributed by atoms with van der Waals surface area (Å²) in [6, 6.07) is 5.70. The first-order valence-corrected chi connectivity index (χ1v) is 7.14. The third kappa shape index (κ3) is 2.81. The molecule has 1 aliphatic heterocycles. The van der Waals surface area contributed by atoms with E-state index in [0.717, 1.165) is 11.1 Å². The molecule has 22 heavy (non-hydrogen) atoms. The van der Waals surface area contributed by atoms with Crippen molar-refractivity contribution >= 4 is 23.3 Å². The number of aliphatic carboxylic acids is 1. The second-order valence-corrected chi connectivity index (χ2v) is 5.68. The van der Waals surface area contributed by atoms with Crippen LogP contribution < -0.4 is 5.01 Å². The monoisotopic (exact) mass is 304 g/mol.